The fourth-order valence-corrected chi connectivity index (χ4v) is 3.16. The summed E-state index contributed by atoms with van der Waals surface area (Å²) in [5.74, 6) is 1.40. The summed E-state index contributed by atoms with van der Waals surface area (Å²) in [6, 6.07) is 7.96. The van der Waals surface area contributed by atoms with Gasteiger partial charge < -0.3 is 0 Å². The molecular formula is C15H12BrCl2N3. The maximum absolute atomic E-state index is 6.01. The topological polar surface area (TPSA) is 30.7 Å². The Hall–Kier alpha value is -1.10. The summed E-state index contributed by atoms with van der Waals surface area (Å²) in [5.41, 5.74) is 3.77. The van der Waals surface area contributed by atoms with Crippen LogP contribution in [0.1, 0.15) is 11.4 Å². The first kappa shape index (κ1) is 14.8. The van der Waals surface area contributed by atoms with E-state index in [-0.39, 0.29) is 0 Å². The molecule has 0 aliphatic heterocycles. The van der Waals surface area contributed by atoms with E-state index in [9.17, 15) is 0 Å². The second kappa shape index (κ2) is 5.95. The molecule has 3 nitrogen and oxygen atoms in total. The molecular weight excluding hydrogens is 373 g/mol. The van der Waals surface area contributed by atoms with Gasteiger partial charge in [-0.05, 0) is 36.8 Å². The van der Waals surface area contributed by atoms with Crippen LogP contribution in [0.2, 0.25) is 5.02 Å². The highest BCUT2D eigenvalue weighted by molar-refractivity contribution is 9.10. The molecule has 0 spiro atoms. The van der Waals surface area contributed by atoms with Gasteiger partial charge in [0.1, 0.15) is 11.3 Å². The SMILES string of the molecule is Cc1cc(Br)ccc1-n1c(CCCl)nc2cc(Cl)cnc21. The molecule has 0 aliphatic carbocycles. The van der Waals surface area contributed by atoms with E-state index in [4.69, 9.17) is 23.2 Å². The van der Waals surface area contributed by atoms with Crippen LogP contribution in [0.5, 0.6) is 0 Å². The average Bonchev–Trinajstić information content (AvgIpc) is 2.76. The molecule has 3 rings (SSSR count). The predicted molar refractivity (Wildman–Crippen MR) is 90.7 cm³/mol. The second-order valence-corrected chi connectivity index (χ2v) is 6.46. The second-order valence-electron chi connectivity index (χ2n) is 4.73. The lowest BCUT2D eigenvalue weighted by atomic mass is 10.2. The highest BCUT2D eigenvalue weighted by Gasteiger charge is 2.15. The maximum Gasteiger partial charge on any atom is 0.164 e. The van der Waals surface area contributed by atoms with Crippen molar-refractivity contribution in [3.05, 3.63) is 51.3 Å². The third-order valence-corrected chi connectivity index (χ3v) is 4.14. The summed E-state index contributed by atoms with van der Waals surface area (Å²) in [6.45, 7) is 2.06. The number of hydrogen-bond acceptors (Lipinski definition) is 2. The highest BCUT2D eigenvalue weighted by Crippen LogP contribution is 2.26. The summed E-state index contributed by atoms with van der Waals surface area (Å²) < 4.78 is 3.10. The summed E-state index contributed by atoms with van der Waals surface area (Å²) in [5, 5.41) is 0.581. The number of hydrogen-bond donors (Lipinski definition) is 0. The van der Waals surface area contributed by atoms with E-state index in [1.807, 2.05) is 12.1 Å². The van der Waals surface area contributed by atoms with Crippen molar-refractivity contribution >= 4 is 50.3 Å². The number of nitrogens with zero attached hydrogens (tertiary/aromatic N) is 3. The zero-order chi connectivity index (χ0) is 15.0. The normalized spacial score (nSPS) is 11.2. The third-order valence-electron chi connectivity index (χ3n) is 3.25. The van der Waals surface area contributed by atoms with Crippen molar-refractivity contribution in [1.82, 2.24) is 14.5 Å². The van der Waals surface area contributed by atoms with E-state index in [2.05, 4.69) is 49.5 Å². The van der Waals surface area contributed by atoms with Crippen molar-refractivity contribution in [1.29, 1.82) is 0 Å². The summed E-state index contributed by atoms with van der Waals surface area (Å²) in [4.78, 5) is 9.06. The first-order valence-corrected chi connectivity index (χ1v) is 8.16. The molecule has 1 aromatic carbocycles. The quantitative estimate of drug-likeness (QED) is 0.599. The highest BCUT2D eigenvalue weighted by atomic mass is 79.9. The van der Waals surface area contributed by atoms with E-state index in [0.29, 0.717) is 17.3 Å². The van der Waals surface area contributed by atoms with Gasteiger partial charge in [0.15, 0.2) is 5.65 Å². The number of alkyl halides is 1. The van der Waals surface area contributed by atoms with Crippen molar-refractivity contribution in [3.63, 3.8) is 0 Å². The van der Waals surface area contributed by atoms with Crippen molar-refractivity contribution in [2.75, 3.05) is 5.88 Å². The molecule has 0 N–H and O–H groups in total. The standard InChI is InChI=1S/C15H12BrCl2N3/c1-9-6-10(16)2-3-13(9)21-14(4-5-17)20-12-7-11(18)8-19-15(12)21/h2-3,6-8H,4-5H2,1H3. The molecule has 108 valence electrons. The number of fused-ring (bicyclic) bond motifs is 1. The van der Waals surface area contributed by atoms with Gasteiger partial charge in [-0.3, -0.25) is 4.57 Å². The zero-order valence-electron chi connectivity index (χ0n) is 11.3. The number of imidazole rings is 1. The van der Waals surface area contributed by atoms with Crippen LogP contribution in [0.15, 0.2) is 34.9 Å². The van der Waals surface area contributed by atoms with E-state index < -0.39 is 0 Å². The monoisotopic (exact) mass is 383 g/mol. The maximum atomic E-state index is 6.01. The largest absolute Gasteiger partial charge is 0.280 e. The number of rotatable bonds is 3. The Labute approximate surface area is 141 Å². The number of aryl methyl sites for hydroxylation is 2. The van der Waals surface area contributed by atoms with E-state index in [0.717, 1.165) is 32.7 Å². The molecule has 6 heteroatoms. The molecule has 0 atom stereocenters. The molecule has 2 aromatic heterocycles. The molecule has 21 heavy (non-hydrogen) atoms. The first-order valence-electron chi connectivity index (χ1n) is 6.45. The van der Waals surface area contributed by atoms with Crippen LogP contribution in [0.3, 0.4) is 0 Å². The van der Waals surface area contributed by atoms with Gasteiger partial charge in [0.2, 0.25) is 0 Å². The zero-order valence-corrected chi connectivity index (χ0v) is 14.4. The minimum Gasteiger partial charge on any atom is -0.280 e. The molecule has 0 amide bonds. The Balaban J connectivity index is 2.30. The first-order chi connectivity index (χ1) is 10.1. The van der Waals surface area contributed by atoms with Crippen LogP contribution in [0.4, 0.5) is 0 Å². The van der Waals surface area contributed by atoms with Gasteiger partial charge in [-0.1, -0.05) is 27.5 Å². The lowest BCUT2D eigenvalue weighted by Crippen LogP contribution is -2.04. The summed E-state index contributed by atoms with van der Waals surface area (Å²) in [6.07, 6.45) is 2.31. The minimum absolute atomic E-state index is 0.507. The molecule has 0 saturated carbocycles. The Morgan fingerprint density at radius 3 is 2.81 bits per heavy atom. The van der Waals surface area contributed by atoms with Crippen molar-refractivity contribution < 1.29 is 0 Å². The van der Waals surface area contributed by atoms with Crippen LogP contribution < -0.4 is 0 Å². The van der Waals surface area contributed by atoms with Gasteiger partial charge >= 0.3 is 0 Å². The van der Waals surface area contributed by atoms with Crippen molar-refractivity contribution in [2.24, 2.45) is 0 Å². The Morgan fingerprint density at radius 1 is 1.29 bits per heavy atom. The van der Waals surface area contributed by atoms with Gasteiger partial charge in [0.05, 0.1) is 10.7 Å². The van der Waals surface area contributed by atoms with Crippen LogP contribution >= 0.6 is 39.1 Å². The summed E-state index contributed by atoms with van der Waals surface area (Å²) >= 11 is 15.4. The van der Waals surface area contributed by atoms with E-state index in [1.165, 1.54) is 0 Å². The summed E-state index contributed by atoms with van der Waals surface area (Å²) in [7, 11) is 0. The number of halogens is 3. The molecule has 0 aliphatic rings. The van der Waals surface area contributed by atoms with Crippen LogP contribution in [0, 0.1) is 6.92 Å². The molecule has 0 saturated heterocycles. The number of pyridine rings is 1. The molecule has 2 heterocycles. The van der Waals surface area contributed by atoms with Gasteiger partial charge in [0.25, 0.3) is 0 Å². The number of benzene rings is 1. The van der Waals surface area contributed by atoms with E-state index in [1.54, 1.807) is 6.20 Å². The van der Waals surface area contributed by atoms with Crippen molar-refractivity contribution in [3.8, 4) is 5.69 Å². The van der Waals surface area contributed by atoms with Crippen LogP contribution in [-0.2, 0) is 6.42 Å². The van der Waals surface area contributed by atoms with Gasteiger partial charge in [-0.2, -0.15) is 0 Å². The van der Waals surface area contributed by atoms with Gasteiger partial charge in [-0.15, -0.1) is 11.6 Å². The van der Waals surface area contributed by atoms with Crippen LogP contribution in [-0.4, -0.2) is 20.4 Å². The molecule has 0 fully saturated rings. The smallest absolute Gasteiger partial charge is 0.164 e. The molecule has 0 unspecified atom stereocenters. The fraction of sp³-hybridized carbons (Fsp3) is 0.200. The van der Waals surface area contributed by atoms with Gasteiger partial charge in [0, 0.05) is 23.0 Å². The molecule has 0 bridgehead atoms. The minimum atomic E-state index is 0.507. The van der Waals surface area contributed by atoms with Crippen LogP contribution in [0.25, 0.3) is 16.9 Å². The van der Waals surface area contributed by atoms with E-state index >= 15 is 0 Å². The fourth-order valence-electron chi connectivity index (χ4n) is 2.36. The lowest BCUT2D eigenvalue weighted by Gasteiger charge is -2.11. The third kappa shape index (κ3) is 2.80. The van der Waals surface area contributed by atoms with Gasteiger partial charge in [-0.25, -0.2) is 9.97 Å². The predicted octanol–water partition coefficient (Wildman–Crippen LogP) is 4.93. The van der Waals surface area contributed by atoms with Crippen molar-refractivity contribution in [2.45, 2.75) is 13.3 Å². The molecule has 0 radical (unpaired) electrons. The lowest BCUT2D eigenvalue weighted by molar-refractivity contribution is 0.899. The Kier molecular flexibility index (Phi) is 4.20. The average molecular weight is 385 g/mol. The number of aromatic nitrogens is 3. The Morgan fingerprint density at radius 2 is 2.10 bits per heavy atom. The molecule has 3 aromatic rings. The Bertz CT molecular complexity index is 814.